The van der Waals surface area contributed by atoms with Crippen molar-refractivity contribution in [1.29, 1.82) is 0 Å². The Balaban J connectivity index is 0. The molecule has 0 aromatic rings. The molecule has 0 saturated carbocycles. The van der Waals surface area contributed by atoms with Crippen molar-refractivity contribution in [2.24, 2.45) is 4.99 Å². The zero-order chi connectivity index (χ0) is 14.7. The van der Waals surface area contributed by atoms with Crippen molar-refractivity contribution in [1.82, 2.24) is 10.6 Å². The van der Waals surface area contributed by atoms with Gasteiger partial charge in [0.15, 0.2) is 5.96 Å². The molecule has 20 heavy (non-hydrogen) atoms. The molecule has 1 atom stereocenters. The van der Waals surface area contributed by atoms with Gasteiger partial charge in [-0.2, -0.15) is 11.8 Å². The van der Waals surface area contributed by atoms with Crippen LogP contribution in [0.15, 0.2) is 4.99 Å². The van der Waals surface area contributed by atoms with E-state index in [0.717, 1.165) is 18.9 Å². The number of nitrogens with one attached hydrogen (secondary N) is 2. The summed E-state index contributed by atoms with van der Waals surface area (Å²) in [7, 11) is 0.948. The fourth-order valence-electron chi connectivity index (χ4n) is 1.37. The molecular formula is C13H30IN3OS2. The molecule has 0 rings (SSSR count). The van der Waals surface area contributed by atoms with Gasteiger partial charge >= 0.3 is 0 Å². The highest BCUT2D eigenvalue weighted by molar-refractivity contribution is 14.0. The SMILES string of the molecule is CN=C(NCCCCSC)NCCS(=O)C(C)(C)C.I. The monoisotopic (exact) mass is 435 g/mol. The number of halogens is 1. The Labute approximate surface area is 148 Å². The molecule has 0 radical (unpaired) electrons. The van der Waals surface area contributed by atoms with E-state index in [9.17, 15) is 4.21 Å². The summed E-state index contributed by atoms with van der Waals surface area (Å²) in [6, 6.07) is 0. The molecule has 0 aliphatic heterocycles. The fraction of sp³-hybridized carbons (Fsp3) is 0.923. The van der Waals surface area contributed by atoms with Crippen molar-refractivity contribution in [2.45, 2.75) is 38.4 Å². The predicted octanol–water partition coefficient (Wildman–Crippen LogP) is 2.46. The summed E-state index contributed by atoms with van der Waals surface area (Å²) >= 11 is 1.88. The van der Waals surface area contributed by atoms with Gasteiger partial charge in [-0.05, 0) is 45.6 Å². The molecule has 0 aromatic carbocycles. The standard InChI is InChI=1S/C13H29N3OS2.HI/c1-13(2,3)19(17)11-9-16-12(14-4)15-8-6-7-10-18-5;/h6-11H2,1-5H3,(H2,14,15,16);1H. The summed E-state index contributed by atoms with van der Waals surface area (Å²) in [6.45, 7) is 7.63. The molecule has 0 heterocycles. The highest BCUT2D eigenvalue weighted by atomic mass is 127. The van der Waals surface area contributed by atoms with Crippen LogP contribution in [0.3, 0.4) is 0 Å². The molecule has 0 amide bonds. The molecule has 0 bridgehead atoms. The lowest BCUT2D eigenvalue weighted by molar-refractivity contribution is 0.646. The number of rotatable bonds is 8. The van der Waals surface area contributed by atoms with E-state index < -0.39 is 10.8 Å². The Hall–Kier alpha value is 0.500. The molecule has 0 aliphatic carbocycles. The van der Waals surface area contributed by atoms with Crippen LogP contribution in [-0.4, -0.2) is 52.8 Å². The molecule has 7 heteroatoms. The molecule has 1 unspecified atom stereocenters. The van der Waals surface area contributed by atoms with Gasteiger partial charge in [-0.3, -0.25) is 9.20 Å². The van der Waals surface area contributed by atoms with Crippen LogP contribution >= 0.6 is 35.7 Å². The first-order valence-corrected chi connectivity index (χ1v) is 9.45. The number of aliphatic imine (C=N–C) groups is 1. The van der Waals surface area contributed by atoms with Crippen molar-refractivity contribution in [3.8, 4) is 0 Å². The molecule has 0 aromatic heterocycles. The normalized spacial score (nSPS) is 13.6. The van der Waals surface area contributed by atoms with E-state index in [1.165, 1.54) is 12.2 Å². The third-order valence-corrected chi connectivity index (χ3v) is 5.19. The molecule has 0 saturated heterocycles. The summed E-state index contributed by atoms with van der Waals surface area (Å²) in [5, 5.41) is 6.48. The number of hydrogen-bond donors (Lipinski definition) is 2. The van der Waals surface area contributed by atoms with Crippen molar-refractivity contribution < 1.29 is 4.21 Å². The summed E-state index contributed by atoms with van der Waals surface area (Å²) in [4.78, 5) is 4.16. The second-order valence-corrected chi connectivity index (χ2v) is 8.60. The molecular weight excluding hydrogens is 405 g/mol. The summed E-state index contributed by atoms with van der Waals surface area (Å²) < 4.78 is 11.7. The van der Waals surface area contributed by atoms with Crippen molar-refractivity contribution in [3.05, 3.63) is 0 Å². The van der Waals surface area contributed by atoms with Gasteiger partial charge < -0.3 is 10.6 Å². The second kappa shape index (κ2) is 13.2. The number of nitrogens with zero attached hydrogens (tertiary/aromatic N) is 1. The molecule has 4 nitrogen and oxygen atoms in total. The molecule has 0 aliphatic rings. The summed E-state index contributed by atoms with van der Waals surface area (Å²) in [6.07, 6.45) is 4.50. The van der Waals surface area contributed by atoms with Gasteiger partial charge in [0.25, 0.3) is 0 Å². The van der Waals surface area contributed by atoms with E-state index in [4.69, 9.17) is 0 Å². The lowest BCUT2D eigenvalue weighted by atomic mass is 10.3. The van der Waals surface area contributed by atoms with Gasteiger partial charge in [0.2, 0.25) is 0 Å². The third-order valence-electron chi connectivity index (χ3n) is 2.55. The number of hydrogen-bond acceptors (Lipinski definition) is 3. The summed E-state index contributed by atoms with van der Waals surface area (Å²) in [5.74, 6) is 2.66. The van der Waals surface area contributed by atoms with Crippen LogP contribution in [0.25, 0.3) is 0 Å². The first kappa shape index (κ1) is 22.8. The molecule has 0 spiro atoms. The quantitative estimate of drug-likeness (QED) is 0.266. The van der Waals surface area contributed by atoms with Crippen molar-refractivity contribution in [3.63, 3.8) is 0 Å². The topological polar surface area (TPSA) is 53.5 Å². The average Bonchev–Trinajstić information content (AvgIpc) is 2.35. The Morgan fingerprint density at radius 1 is 1.20 bits per heavy atom. The molecule has 2 N–H and O–H groups in total. The first-order chi connectivity index (χ1) is 8.91. The maximum atomic E-state index is 11.9. The number of guanidine groups is 1. The molecule has 122 valence electrons. The lowest BCUT2D eigenvalue weighted by Crippen LogP contribution is -2.40. The Morgan fingerprint density at radius 3 is 2.30 bits per heavy atom. The average molecular weight is 435 g/mol. The van der Waals surface area contributed by atoms with E-state index in [-0.39, 0.29) is 28.7 Å². The smallest absolute Gasteiger partial charge is 0.191 e. The van der Waals surface area contributed by atoms with Gasteiger partial charge in [0.05, 0.1) is 0 Å². The maximum absolute atomic E-state index is 11.9. The minimum absolute atomic E-state index is 0. The highest BCUT2D eigenvalue weighted by Gasteiger charge is 2.18. The van der Waals surface area contributed by atoms with Gasteiger partial charge in [-0.1, -0.05) is 0 Å². The Morgan fingerprint density at radius 2 is 1.80 bits per heavy atom. The van der Waals surface area contributed by atoms with E-state index in [1.807, 2.05) is 32.5 Å². The van der Waals surface area contributed by atoms with Gasteiger partial charge in [0, 0.05) is 41.4 Å². The first-order valence-electron chi connectivity index (χ1n) is 6.73. The van der Waals surface area contributed by atoms with Crippen molar-refractivity contribution >= 4 is 52.5 Å². The van der Waals surface area contributed by atoms with E-state index in [2.05, 4.69) is 21.9 Å². The van der Waals surface area contributed by atoms with Crippen LogP contribution in [-0.2, 0) is 10.8 Å². The van der Waals surface area contributed by atoms with E-state index >= 15 is 0 Å². The van der Waals surface area contributed by atoms with E-state index in [0.29, 0.717) is 12.3 Å². The minimum atomic E-state index is -0.814. The third kappa shape index (κ3) is 12.3. The van der Waals surface area contributed by atoms with Gasteiger partial charge in [0.1, 0.15) is 0 Å². The largest absolute Gasteiger partial charge is 0.356 e. The van der Waals surface area contributed by atoms with Gasteiger partial charge in [-0.15, -0.1) is 24.0 Å². The maximum Gasteiger partial charge on any atom is 0.191 e. The summed E-state index contributed by atoms with van der Waals surface area (Å²) in [5.41, 5.74) is 0. The second-order valence-electron chi connectivity index (χ2n) is 5.29. The number of thioether (sulfide) groups is 1. The lowest BCUT2D eigenvalue weighted by Gasteiger charge is -2.18. The molecule has 0 fully saturated rings. The Bertz CT molecular complexity index is 294. The van der Waals surface area contributed by atoms with Crippen LogP contribution in [0, 0.1) is 0 Å². The van der Waals surface area contributed by atoms with Crippen LogP contribution in [0.5, 0.6) is 0 Å². The van der Waals surface area contributed by atoms with Crippen LogP contribution in [0.4, 0.5) is 0 Å². The van der Waals surface area contributed by atoms with Crippen LogP contribution in [0.2, 0.25) is 0 Å². The Kier molecular flexibility index (Phi) is 15.0. The van der Waals surface area contributed by atoms with Crippen LogP contribution < -0.4 is 10.6 Å². The van der Waals surface area contributed by atoms with Crippen LogP contribution in [0.1, 0.15) is 33.6 Å². The predicted molar refractivity (Wildman–Crippen MR) is 105 cm³/mol. The zero-order valence-corrected chi connectivity index (χ0v) is 17.3. The zero-order valence-electron chi connectivity index (χ0n) is 13.3. The van der Waals surface area contributed by atoms with Gasteiger partial charge in [-0.25, -0.2) is 0 Å². The number of unbranched alkanes of at least 4 members (excludes halogenated alkanes) is 1. The van der Waals surface area contributed by atoms with Crippen molar-refractivity contribution in [2.75, 3.05) is 37.9 Å². The highest BCUT2D eigenvalue weighted by Crippen LogP contribution is 2.10. The minimum Gasteiger partial charge on any atom is -0.356 e. The van der Waals surface area contributed by atoms with E-state index in [1.54, 1.807) is 7.05 Å². The fourth-order valence-corrected chi connectivity index (χ4v) is 2.76.